The molecule has 2 heterocycles. The molecular weight excluding hydrogens is 305 g/mol. The highest BCUT2D eigenvalue weighted by Gasteiger charge is 2.11. The van der Waals surface area contributed by atoms with Crippen LogP contribution in [0, 0.1) is 6.92 Å². The van der Waals surface area contributed by atoms with Crippen LogP contribution in [-0.2, 0) is 0 Å². The summed E-state index contributed by atoms with van der Waals surface area (Å²) in [5.41, 5.74) is 2.37. The van der Waals surface area contributed by atoms with Gasteiger partial charge in [-0.3, -0.25) is 0 Å². The van der Waals surface area contributed by atoms with Crippen LogP contribution >= 0.6 is 34.8 Å². The number of aromatic nitrogens is 3. The molecule has 6 heteroatoms. The number of H-pyrrole nitrogens is 1. The molecule has 0 radical (unpaired) electrons. The first kappa shape index (κ1) is 12.7. The van der Waals surface area contributed by atoms with E-state index in [2.05, 4.69) is 15.0 Å². The van der Waals surface area contributed by atoms with Crippen molar-refractivity contribution in [1.82, 2.24) is 15.0 Å². The van der Waals surface area contributed by atoms with Crippen LogP contribution in [0.25, 0.3) is 22.3 Å². The standard InChI is InChI=1S/C13H8Cl3N3/c1-6-17-12(16)9-5-11(19-13(9)18-6)8-3-2-7(14)4-10(8)15/h2-5H,1H3,(H,17,18,19). The van der Waals surface area contributed by atoms with Crippen molar-refractivity contribution < 1.29 is 0 Å². The minimum Gasteiger partial charge on any atom is -0.339 e. The van der Waals surface area contributed by atoms with Crippen molar-refractivity contribution in [2.75, 3.05) is 0 Å². The lowest BCUT2D eigenvalue weighted by atomic mass is 10.1. The highest BCUT2D eigenvalue weighted by molar-refractivity contribution is 6.36. The summed E-state index contributed by atoms with van der Waals surface area (Å²) in [7, 11) is 0. The summed E-state index contributed by atoms with van der Waals surface area (Å²) < 4.78 is 0. The monoisotopic (exact) mass is 311 g/mol. The van der Waals surface area contributed by atoms with Crippen LogP contribution in [0.3, 0.4) is 0 Å². The zero-order chi connectivity index (χ0) is 13.6. The van der Waals surface area contributed by atoms with Crippen molar-refractivity contribution in [1.29, 1.82) is 0 Å². The average Bonchev–Trinajstić information content (AvgIpc) is 2.72. The maximum atomic E-state index is 6.19. The minimum atomic E-state index is 0.426. The molecule has 0 bridgehead atoms. The number of aromatic amines is 1. The minimum absolute atomic E-state index is 0.426. The fourth-order valence-corrected chi connectivity index (χ4v) is 2.71. The number of benzene rings is 1. The van der Waals surface area contributed by atoms with E-state index in [9.17, 15) is 0 Å². The molecule has 0 fully saturated rings. The number of aryl methyl sites for hydroxylation is 1. The van der Waals surface area contributed by atoms with Crippen LogP contribution < -0.4 is 0 Å². The number of hydrogen-bond acceptors (Lipinski definition) is 2. The van der Waals surface area contributed by atoms with E-state index < -0.39 is 0 Å². The van der Waals surface area contributed by atoms with Gasteiger partial charge in [0.25, 0.3) is 0 Å². The second kappa shape index (κ2) is 4.67. The molecule has 2 aromatic heterocycles. The predicted octanol–water partition coefficient (Wildman–Crippen LogP) is 4.89. The van der Waals surface area contributed by atoms with Gasteiger partial charge >= 0.3 is 0 Å². The molecule has 0 aliphatic carbocycles. The van der Waals surface area contributed by atoms with E-state index in [1.807, 2.05) is 12.1 Å². The molecule has 0 aliphatic heterocycles. The van der Waals surface area contributed by atoms with E-state index in [1.165, 1.54) is 0 Å². The molecule has 0 unspecified atom stereocenters. The summed E-state index contributed by atoms with van der Waals surface area (Å²) in [6, 6.07) is 7.21. The Morgan fingerprint density at radius 1 is 1.05 bits per heavy atom. The van der Waals surface area contributed by atoms with Gasteiger partial charge in [-0.25, -0.2) is 9.97 Å². The van der Waals surface area contributed by atoms with Gasteiger partial charge in [0.15, 0.2) is 0 Å². The second-order valence-electron chi connectivity index (χ2n) is 4.13. The van der Waals surface area contributed by atoms with Gasteiger partial charge < -0.3 is 4.98 Å². The zero-order valence-corrected chi connectivity index (χ0v) is 12.1. The molecule has 3 nitrogen and oxygen atoms in total. The lowest BCUT2D eigenvalue weighted by Gasteiger charge is -2.01. The molecule has 19 heavy (non-hydrogen) atoms. The Morgan fingerprint density at radius 3 is 2.58 bits per heavy atom. The van der Waals surface area contributed by atoms with Crippen LogP contribution in [0.2, 0.25) is 15.2 Å². The maximum absolute atomic E-state index is 6.19. The van der Waals surface area contributed by atoms with E-state index >= 15 is 0 Å². The van der Waals surface area contributed by atoms with Crippen LogP contribution in [0.15, 0.2) is 24.3 Å². The van der Waals surface area contributed by atoms with Crippen LogP contribution in [0.4, 0.5) is 0 Å². The Bertz CT molecular complexity index is 780. The first-order chi connectivity index (χ1) is 9.04. The Hall–Kier alpha value is -1.29. The molecule has 0 aliphatic rings. The zero-order valence-electron chi connectivity index (χ0n) is 9.84. The normalized spacial score (nSPS) is 11.2. The summed E-state index contributed by atoms with van der Waals surface area (Å²) in [6.07, 6.45) is 0. The number of nitrogens with zero attached hydrogens (tertiary/aromatic N) is 2. The summed E-state index contributed by atoms with van der Waals surface area (Å²) in [6.45, 7) is 1.79. The van der Waals surface area contributed by atoms with Gasteiger partial charge in [-0.2, -0.15) is 0 Å². The lowest BCUT2D eigenvalue weighted by Crippen LogP contribution is -1.88. The maximum Gasteiger partial charge on any atom is 0.143 e. The third-order valence-electron chi connectivity index (χ3n) is 2.77. The summed E-state index contributed by atoms with van der Waals surface area (Å²) in [5.74, 6) is 0.619. The SMILES string of the molecule is Cc1nc(Cl)c2cc(-c3ccc(Cl)cc3Cl)[nH]c2n1. The van der Waals surface area contributed by atoms with E-state index in [0.29, 0.717) is 26.7 Å². The number of hydrogen-bond donors (Lipinski definition) is 1. The van der Waals surface area contributed by atoms with Gasteiger partial charge in [-0.05, 0) is 31.2 Å². The fraction of sp³-hybridized carbons (Fsp3) is 0.0769. The number of fused-ring (bicyclic) bond motifs is 1. The van der Waals surface area contributed by atoms with Crippen molar-refractivity contribution >= 4 is 45.8 Å². The van der Waals surface area contributed by atoms with Crippen molar-refractivity contribution in [3.63, 3.8) is 0 Å². The topological polar surface area (TPSA) is 41.6 Å². The van der Waals surface area contributed by atoms with Crippen molar-refractivity contribution in [3.8, 4) is 11.3 Å². The molecule has 0 spiro atoms. The first-order valence-corrected chi connectivity index (χ1v) is 6.66. The Balaban J connectivity index is 2.23. The average molecular weight is 313 g/mol. The first-order valence-electron chi connectivity index (χ1n) is 5.53. The second-order valence-corrected chi connectivity index (χ2v) is 5.33. The number of nitrogens with one attached hydrogen (secondary N) is 1. The largest absolute Gasteiger partial charge is 0.339 e. The lowest BCUT2D eigenvalue weighted by molar-refractivity contribution is 1.08. The Kier molecular flexibility index (Phi) is 3.13. The molecule has 3 rings (SSSR count). The highest BCUT2D eigenvalue weighted by Crippen LogP contribution is 2.32. The number of rotatable bonds is 1. The quantitative estimate of drug-likeness (QED) is 0.650. The molecular formula is C13H8Cl3N3. The van der Waals surface area contributed by atoms with Crippen molar-refractivity contribution in [3.05, 3.63) is 45.3 Å². The molecule has 0 atom stereocenters. The van der Waals surface area contributed by atoms with E-state index in [0.717, 1.165) is 16.6 Å². The van der Waals surface area contributed by atoms with Crippen LogP contribution in [0.5, 0.6) is 0 Å². The molecule has 96 valence electrons. The predicted molar refractivity (Wildman–Crippen MR) is 79.1 cm³/mol. The van der Waals surface area contributed by atoms with E-state index in [4.69, 9.17) is 34.8 Å². The highest BCUT2D eigenvalue weighted by atomic mass is 35.5. The van der Waals surface area contributed by atoms with Gasteiger partial charge in [0.2, 0.25) is 0 Å². The Labute approximate surface area is 124 Å². The van der Waals surface area contributed by atoms with Gasteiger partial charge in [0.1, 0.15) is 16.6 Å². The molecule has 0 amide bonds. The van der Waals surface area contributed by atoms with Crippen LogP contribution in [-0.4, -0.2) is 15.0 Å². The Morgan fingerprint density at radius 2 is 1.84 bits per heavy atom. The van der Waals surface area contributed by atoms with Crippen molar-refractivity contribution in [2.24, 2.45) is 0 Å². The van der Waals surface area contributed by atoms with Crippen molar-refractivity contribution in [2.45, 2.75) is 6.92 Å². The summed E-state index contributed by atoms with van der Waals surface area (Å²) >= 11 is 18.2. The van der Waals surface area contributed by atoms with Gasteiger partial charge in [-0.1, -0.05) is 34.8 Å². The van der Waals surface area contributed by atoms with Gasteiger partial charge in [0, 0.05) is 16.3 Å². The third kappa shape index (κ3) is 2.29. The number of halogens is 3. The van der Waals surface area contributed by atoms with Crippen LogP contribution in [0.1, 0.15) is 5.82 Å². The molecule has 1 aromatic carbocycles. The smallest absolute Gasteiger partial charge is 0.143 e. The summed E-state index contributed by atoms with van der Waals surface area (Å²) in [5, 5.41) is 2.36. The molecule has 3 aromatic rings. The van der Waals surface area contributed by atoms with Gasteiger partial charge in [0.05, 0.1) is 10.4 Å². The van der Waals surface area contributed by atoms with Gasteiger partial charge in [-0.15, -0.1) is 0 Å². The third-order valence-corrected chi connectivity index (χ3v) is 3.61. The molecule has 0 saturated heterocycles. The van der Waals surface area contributed by atoms with E-state index in [-0.39, 0.29) is 0 Å². The molecule has 0 saturated carbocycles. The summed E-state index contributed by atoms with van der Waals surface area (Å²) in [4.78, 5) is 11.6. The fourth-order valence-electron chi connectivity index (χ4n) is 1.93. The molecule has 1 N–H and O–H groups in total. The van der Waals surface area contributed by atoms with E-state index in [1.54, 1.807) is 19.1 Å².